The van der Waals surface area contributed by atoms with Crippen LogP contribution in [0.3, 0.4) is 0 Å². The summed E-state index contributed by atoms with van der Waals surface area (Å²) in [5.41, 5.74) is 1.12. The largest absolute Gasteiger partial charge is 0.454 e. The second-order valence-electron chi connectivity index (χ2n) is 7.00. The molecular formula is C21H20N2O4S. The molecule has 1 aliphatic heterocycles. The third-order valence-electron chi connectivity index (χ3n) is 4.40. The van der Waals surface area contributed by atoms with Crippen molar-refractivity contribution in [2.24, 2.45) is 5.92 Å². The number of carbonyl (C=O) groups is 1. The van der Waals surface area contributed by atoms with E-state index in [0.717, 1.165) is 0 Å². The van der Waals surface area contributed by atoms with E-state index >= 15 is 0 Å². The third-order valence-corrected chi connectivity index (χ3v) is 5.38. The summed E-state index contributed by atoms with van der Waals surface area (Å²) in [5.74, 6) is 1.64. The number of benzene rings is 2. The highest BCUT2D eigenvalue weighted by atomic mass is 32.2. The molecule has 0 spiro atoms. The van der Waals surface area contributed by atoms with E-state index in [9.17, 15) is 9.59 Å². The highest BCUT2D eigenvalue weighted by molar-refractivity contribution is 7.99. The minimum atomic E-state index is -0.0719. The first-order chi connectivity index (χ1) is 13.5. The molecule has 0 bridgehead atoms. The molecule has 4 rings (SSSR count). The maximum absolute atomic E-state index is 12.9. The van der Waals surface area contributed by atoms with Crippen LogP contribution in [0, 0.1) is 5.92 Å². The minimum absolute atomic E-state index is 0.0539. The Kier molecular flexibility index (Phi) is 5.09. The summed E-state index contributed by atoms with van der Waals surface area (Å²) in [4.78, 5) is 30.2. The fourth-order valence-electron chi connectivity index (χ4n) is 3.07. The third kappa shape index (κ3) is 3.62. The van der Waals surface area contributed by atoms with Crippen molar-refractivity contribution >= 4 is 28.4 Å². The first-order valence-electron chi connectivity index (χ1n) is 9.08. The molecule has 6 nitrogen and oxygen atoms in total. The van der Waals surface area contributed by atoms with Gasteiger partial charge in [0.05, 0.1) is 16.7 Å². The zero-order valence-electron chi connectivity index (χ0n) is 15.7. The Hall–Kier alpha value is -2.80. The van der Waals surface area contributed by atoms with E-state index in [1.807, 2.05) is 32.0 Å². The molecule has 0 fully saturated rings. The Morgan fingerprint density at radius 2 is 1.96 bits per heavy atom. The quantitative estimate of drug-likeness (QED) is 0.359. The van der Waals surface area contributed by atoms with Gasteiger partial charge in [0.15, 0.2) is 22.4 Å². The number of nitrogens with zero attached hydrogens (tertiary/aromatic N) is 2. The van der Waals surface area contributed by atoms with Gasteiger partial charge in [-0.2, -0.15) is 0 Å². The van der Waals surface area contributed by atoms with Crippen molar-refractivity contribution in [3.8, 4) is 11.5 Å². The minimum Gasteiger partial charge on any atom is -0.454 e. The smallest absolute Gasteiger partial charge is 0.262 e. The van der Waals surface area contributed by atoms with E-state index in [4.69, 9.17) is 9.47 Å². The Balaban J connectivity index is 1.61. The summed E-state index contributed by atoms with van der Waals surface area (Å²) in [7, 11) is 0. The number of aromatic nitrogens is 2. The van der Waals surface area contributed by atoms with Gasteiger partial charge in [0, 0.05) is 12.1 Å². The number of rotatable bonds is 6. The SMILES string of the molecule is CC(C)Cn1c(SCC(=O)c2ccc3c(c2)OCO3)nc2ccccc2c1=O. The van der Waals surface area contributed by atoms with Gasteiger partial charge in [0.1, 0.15) is 0 Å². The number of hydrogen-bond acceptors (Lipinski definition) is 6. The van der Waals surface area contributed by atoms with E-state index in [-0.39, 0.29) is 29.8 Å². The van der Waals surface area contributed by atoms with Crippen molar-refractivity contribution < 1.29 is 14.3 Å². The van der Waals surface area contributed by atoms with Crippen LogP contribution in [-0.4, -0.2) is 27.9 Å². The zero-order valence-corrected chi connectivity index (χ0v) is 16.5. The lowest BCUT2D eigenvalue weighted by Gasteiger charge is -2.14. The van der Waals surface area contributed by atoms with E-state index in [1.54, 1.807) is 28.8 Å². The van der Waals surface area contributed by atoms with Crippen LogP contribution in [0.1, 0.15) is 24.2 Å². The summed E-state index contributed by atoms with van der Waals surface area (Å²) in [6.07, 6.45) is 0. The summed E-state index contributed by atoms with van der Waals surface area (Å²) < 4.78 is 12.3. The van der Waals surface area contributed by atoms with Crippen molar-refractivity contribution in [3.63, 3.8) is 0 Å². The van der Waals surface area contributed by atoms with Crippen LogP contribution in [-0.2, 0) is 6.54 Å². The monoisotopic (exact) mass is 396 g/mol. The molecule has 144 valence electrons. The molecule has 2 aromatic carbocycles. The first-order valence-corrected chi connectivity index (χ1v) is 10.1. The Morgan fingerprint density at radius 3 is 2.79 bits per heavy atom. The molecule has 0 amide bonds. The van der Waals surface area contributed by atoms with Crippen LogP contribution in [0.4, 0.5) is 0 Å². The van der Waals surface area contributed by atoms with Gasteiger partial charge in [-0.15, -0.1) is 0 Å². The topological polar surface area (TPSA) is 70.4 Å². The van der Waals surface area contributed by atoms with Crippen LogP contribution in [0.15, 0.2) is 52.4 Å². The number of para-hydroxylation sites is 1. The molecule has 28 heavy (non-hydrogen) atoms. The lowest BCUT2D eigenvalue weighted by Crippen LogP contribution is -2.25. The highest BCUT2D eigenvalue weighted by Gasteiger charge is 2.18. The summed E-state index contributed by atoms with van der Waals surface area (Å²) in [6, 6.07) is 12.5. The maximum atomic E-state index is 12.9. The van der Waals surface area contributed by atoms with E-state index in [1.165, 1.54) is 11.8 Å². The fourth-order valence-corrected chi connectivity index (χ4v) is 3.97. The summed E-state index contributed by atoms with van der Waals surface area (Å²) >= 11 is 1.28. The fraction of sp³-hybridized carbons (Fsp3) is 0.286. The van der Waals surface area contributed by atoms with Gasteiger partial charge in [-0.1, -0.05) is 37.7 Å². The number of fused-ring (bicyclic) bond motifs is 2. The molecule has 0 atom stereocenters. The van der Waals surface area contributed by atoms with Gasteiger partial charge in [0.25, 0.3) is 5.56 Å². The van der Waals surface area contributed by atoms with Gasteiger partial charge in [-0.25, -0.2) is 4.98 Å². The highest BCUT2D eigenvalue weighted by Crippen LogP contribution is 2.33. The van der Waals surface area contributed by atoms with Crippen molar-refractivity contribution in [1.29, 1.82) is 0 Å². The lowest BCUT2D eigenvalue weighted by atomic mass is 10.1. The van der Waals surface area contributed by atoms with E-state index < -0.39 is 0 Å². The van der Waals surface area contributed by atoms with Crippen LogP contribution in [0.25, 0.3) is 10.9 Å². The van der Waals surface area contributed by atoms with Crippen molar-refractivity contribution in [2.45, 2.75) is 25.5 Å². The Morgan fingerprint density at radius 1 is 1.18 bits per heavy atom. The molecule has 2 heterocycles. The van der Waals surface area contributed by atoms with Crippen molar-refractivity contribution in [3.05, 3.63) is 58.4 Å². The second kappa shape index (κ2) is 7.67. The average Bonchev–Trinajstić information content (AvgIpc) is 3.16. The predicted octanol–water partition coefficient (Wildman–Crippen LogP) is 3.76. The van der Waals surface area contributed by atoms with Crippen LogP contribution in [0.5, 0.6) is 11.5 Å². The molecule has 0 N–H and O–H groups in total. The van der Waals surface area contributed by atoms with Gasteiger partial charge in [-0.05, 0) is 36.2 Å². The number of hydrogen-bond donors (Lipinski definition) is 0. The molecular weight excluding hydrogens is 376 g/mol. The molecule has 0 saturated carbocycles. The van der Waals surface area contributed by atoms with Gasteiger partial charge >= 0.3 is 0 Å². The van der Waals surface area contributed by atoms with Gasteiger partial charge < -0.3 is 9.47 Å². The summed E-state index contributed by atoms with van der Waals surface area (Å²) in [5, 5.41) is 1.15. The van der Waals surface area contributed by atoms with Crippen LogP contribution < -0.4 is 15.0 Å². The van der Waals surface area contributed by atoms with Crippen molar-refractivity contribution in [2.75, 3.05) is 12.5 Å². The molecule has 3 aromatic rings. The van der Waals surface area contributed by atoms with Gasteiger partial charge in [-0.3, -0.25) is 14.2 Å². The molecule has 1 aliphatic rings. The zero-order chi connectivity index (χ0) is 19.7. The molecule has 0 unspecified atom stereocenters. The molecule has 0 aliphatic carbocycles. The standard InChI is InChI=1S/C21H20N2O4S/c1-13(2)10-23-20(25)15-5-3-4-6-16(15)22-21(23)28-11-17(24)14-7-8-18-19(9-14)27-12-26-18/h3-9,13H,10-12H2,1-2H3. The van der Waals surface area contributed by atoms with E-state index in [0.29, 0.717) is 39.7 Å². The van der Waals surface area contributed by atoms with E-state index in [2.05, 4.69) is 4.98 Å². The van der Waals surface area contributed by atoms with Crippen LogP contribution >= 0.6 is 11.8 Å². The molecule has 0 saturated heterocycles. The number of ether oxygens (including phenoxy) is 2. The first kappa shape index (κ1) is 18.6. The molecule has 0 radical (unpaired) electrons. The number of Topliss-reactive ketones (excluding diaryl/α,β-unsaturated/α-hetero) is 1. The summed E-state index contributed by atoms with van der Waals surface area (Å²) in [6.45, 7) is 4.82. The van der Waals surface area contributed by atoms with Gasteiger partial charge in [0.2, 0.25) is 6.79 Å². The van der Waals surface area contributed by atoms with Crippen molar-refractivity contribution in [1.82, 2.24) is 9.55 Å². The number of ketones is 1. The predicted molar refractivity (Wildman–Crippen MR) is 108 cm³/mol. The number of thioether (sulfide) groups is 1. The maximum Gasteiger partial charge on any atom is 0.262 e. The lowest BCUT2D eigenvalue weighted by molar-refractivity contribution is 0.102. The number of carbonyl (C=O) groups excluding carboxylic acids is 1. The molecule has 7 heteroatoms. The molecule has 1 aromatic heterocycles. The van der Waals surface area contributed by atoms with Crippen LogP contribution in [0.2, 0.25) is 0 Å². The second-order valence-corrected chi connectivity index (χ2v) is 7.94. The average molecular weight is 396 g/mol. The Bertz CT molecular complexity index is 1110. The normalized spacial score (nSPS) is 12.7. The Labute approximate surface area is 166 Å².